The van der Waals surface area contributed by atoms with E-state index in [9.17, 15) is 9.18 Å². The summed E-state index contributed by atoms with van der Waals surface area (Å²) in [5.41, 5.74) is 2.81. The van der Waals surface area contributed by atoms with Gasteiger partial charge in [-0.25, -0.2) is 14.1 Å². The lowest BCUT2D eigenvalue weighted by Gasteiger charge is -2.35. The van der Waals surface area contributed by atoms with Crippen LogP contribution in [0.15, 0.2) is 36.4 Å². The number of aryl methyl sites for hydroxylation is 2. The van der Waals surface area contributed by atoms with Gasteiger partial charge in [0, 0.05) is 44.0 Å². The number of rotatable bonds is 5. The zero-order chi connectivity index (χ0) is 22.8. The zero-order valence-corrected chi connectivity index (χ0v) is 19.1. The molecule has 4 rings (SSSR count). The molecule has 0 radical (unpaired) electrons. The first-order chi connectivity index (χ1) is 15.4. The van der Waals surface area contributed by atoms with Gasteiger partial charge in [-0.15, -0.1) is 0 Å². The van der Waals surface area contributed by atoms with Gasteiger partial charge in [-0.2, -0.15) is 5.10 Å². The topological polar surface area (TPSA) is 63.5 Å². The van der Waals surface area contributed by atoms with Gasteiger partial charge < -0.3 is 9.64 Å². The Morgan fingerprint density at radius 1 is 1.12 bits per heavy atom. The molecular weight excluding hydrogens is 433 g/mol. The van der Waals surface area contributed by atoms with E-state index in [4.69, 9.17) is 16.3 Å². The van der Waals surface area contributed by atoms with Crippen molar-refractivity contribution in [2.24, 2.45) is 0 Å². The summed E-state index contributed by atoms with van der Waals surface area (Å²) in [5, 5.41) is 4.75. The highest BCUT2D eigenvalue weighted by molar-refractivity contribution is 6.33. The van der Waals surface area contributed by atoms with E-state index in [0.717, 1.165) is 17.0 Å². The molecule has 9 heteroatoms. The predicted octanol–water partition coefficient (Wildman–Crippen LogP) is 3.64. The Balaban J connectivity index is 1.45. The Morgan fingerprint density at radius 3 is 2.53 bits per heavy atom. The molecular formula is C23H25ClFN5O2. The highest BCUT2D eigenvalue weighted by atomic mass is 35.5. The first-order valence-electron chi connectivity index (χ1n) is 10.4. The number of pyridine rings is 1. The van der Waals surface area contributed by atoms with E-state index in [-0.39, 0.29) is 17.4 Å². The van der Waals surface area contributed by atoms with E-state index in [1.807, 2.05) is 19.9 Å². The third-order valence-corrected chi connectivity index (χ3v) is 5.86. The standard InChI is InChI=1S/C23H25ClFN5O2/c1-15-12-16(2)30(27-15)21-7-5-19(24)22(26-21)23(31)29-10-8-28(9-11-29)14-17-13-18(25)4-6-20(17)32-3/h4-7,12-13H,8-11,14H2,1-3H3. The second kappa shape index (κ2) is 9.26. The van der Waals surface area contributed by atoms with Gasteiger partial charge in [-0.1, -0.05) is 11.6 Å². The molecule has 0 saturated carbocycles. The molecule has 32 heavy (non-hydrogen) atoms. The van der Waals surface area contributed by atoms with Gasteiger partial charge in [-0.3, -0.25) is 9.69 Å². The Morgan fingerprint density at radius 2 is 1.88 bits per heavy atom. The summed E-state index contributed by atoms with van der Waals surface area (Å²) < 4.78 is 20.7. The number of nitrogens with zero attached hydrogens (tertiary/aromatic N) is 5. The Labute approximate surface area is 191 Å². The largest absolute Gasteiger partial charge is 0.496 e. The molecule has 0 spiro atoms. The maximum atomic E-state index is 13.7. The third kappa shape index (κ3) is 4.61. The maximum absolute atomic E-state index is 13.7. The minimum absolute atomic E-state index is 0.207. The summed E-state index contributed by atoms with van der Waals surface area (Å²) in [7, 11) is 1.57. The Hall–Kier alpha value is -2.97. The van der Waals surface area contributed by atoms with E-state index in [1.54, 1.807) is 34.9 Å². The summed E-state index contributed by atoms with van der Waals surface area (Å²) >= 11 is 6.33. The lowest BCUT2D eigenvalue weighted by molar-refractivity contribution is 0.0621. The number of amides is 1. The molecule has 1 aliphatic heterocycles. The third-order valence-electron chi connectivity index (χ3n) is 5.56. The summed E-state index contributed by atoms with van der Waals surface area (Å²) in [4.78, 5) is 21.6. The molecule has 1 aliphatic rings. The number of ether oxygens (including phenoxy) is 1. The number of benzene rings is 1. The number of carbonyl (C=O) groups excluding carboxylic acids is 1. The number of hydrogen-bond acceptors (Lipinski definition) is 5. The molecule has 7 nitrogen and oxygen atoms in total. The van der Waals surface area contributed by atoms with Gasteiger partial charge in [0.1, 0.15) is 17.3 Å². The van der Waals surface area contributed by atoms with Crippen LogP contribution < -0.4 is 4.74 Å². The number of methoxy groups -OCH3 is 1. The fourth-order valence-corrected chi connectivity index (χ4v) is 4.12. The second-order valence-corrected chi connectivity index (χ2v) is 8.27. The molecule has 1 aromatic carbocycles. The Bertz CT molecular complexity index is 1140. The van der Waals surface area contributed by atoms with E-state index >= 15 is 0 Å². The van der Waals surface area contributed by atoms with Gasteiger partial charge >= 0.3 is 0 Å². The van der Waals surface area contributed by atoms with Crippen molar-refractivity contribution in [3.63, 3.8) is 0 Å². The van der Waals surface area contributed by atoms with Gasteiger partial charge in [0.25, 0.3) is 5.91 Å². The summed E-state index contributed by atoms with van der Waals surface area (Å²) in [6.45, 7) is 6.75. The van der Waals surface area contributed by atoms with Crippen LogP contribution in [0.3, 0.4) is 0 Å². The molecule has 3 heterocycles. The fraction of sp³-hybridized carbons (Fsp3) is 0.348. The number of halogens is 2. The van der Waals surface area contributed by atoms with Crippen LogP contribution in [0, 0.1) is 19.7 Å². The highest BCUT2D eigenvalue weighted by Crippen LogP contribution is 2.23. The quantitative estimate of drug-likeness (QED) is 0.585. The first-order valence-corrected chi connectivity index (χ1v) is 10.8. The van der Waals surface area contributed by atoms with Crippen molar-refractivity contribution in [3.05, 3.63) is 69.9 Å². The van der Waals surface area contributed by atoms with Crippen LogP contribution in [0.2, 0.25) is 5.02 Å². The number of carbonyl (C=O) groups is 1. The molecule has 0 bridgehead atoms. The van der Waals surface area contributed by atoms with Crippen molar-refractivity contribution in [2.75, 3.05) is 33.3 Å². The van der Waals surface area contributed by atoms with Crippen LogP contribution in [-0.2, 0) is 6.54 Å². The molecule has 0 unspecified atom stereocenters. The average Bonchev–Trinajstić information content (AvgIpc) is 3.12. The molecule has 3 aromatic rings. The minimum Gasteiger partial charge on any atom is -0.496 e. The smallest absolute Gasteiger partial charge is 0.274 e. The van der Waals surface area contributed by atoms with Crippen LogP contribution in [0.1, 0.15) is 27.4 Å². The number of aromatic nitrogens is 3. The van der Waals surface area contributed by atoms with Crippen molar-refractivity contribution < 1.29 is 13.9 Å². The average molecular weight is 458 g/mol. The van der Waals surface area contributed by atoms with E-state index in [1.165, 1.54) is 12.1 Å². The summed E-state index contributed by atoms with van der Waals surface area (Å²) in [5.74, 6) is 0.709. The van der Waals surface area contributed by atoms with Crippen molar-refractivity contribution in [1.29, 1.82) is 0 Å². The molecule has 0 N–H and O–H groups in total. The van der Waals surface area contributed by atoms with Gasteiger partial charge in [0.15, 0.2) is 5.82 Å². The van der Waals surface area contributed by atoms with E-state index < -0.39 is 0 Å². The number of piperazine rings is 1. The van der Waals surface area contributed by atoms with Crippen LogP contribution in [0.5, 0.6) is 5.75 Å². The van der Waals surface area contributed by atoms with Gasteiger partial charge in [0.05, 0.1) is 17.8 Å². The van der Waals surface area contributed by atoms with Crippen molar-refractivity contribution in [2.45, 2.75) is 20.4 Å². The normalized spacial score (nSPS) is 14.6. The van der Waals surface area contributed by atoms with Crippen molar-refractivity contribution in [3.8, 4) is 11.6 Å². The SMILES string of the molecule is COc1ccc(F)cc1CN1CCN(C(=O)c2nc(-n3nc(C)cc3C)ccc2Cl)CC1. The zero-order valence-electron chi connectivity index (χ0n) is 18.3. The number of hydrogen-bond donors (Lipinski definition) is 0. The molecule has 1 fully saturated rings. The van der Waals surface area contributed by atoms with Crippen molar-refractivity contribution >= 4 is 17.5 Å². The summed E-state index contributed by atoms with van der Waals surface area (Å²) in [6, 6.07) is 9.89. The summed E-state index contributed by atoms with van der Waals surface area (Å²) in [6.07, 6.45) is 0. The molecule has 2 aromatic heterocycles. The molecule has 1 amide bonds. The van der Waals surface area contributed by atoms with Crippen LogP contribution in [0.25, 0.3) is 5.82 Å². The lowest BCUT2D eigenvalue weighted by atomic mass is 10.1. The molecule has 0 aliphatic carbocycles. The van der Waals surface area contributed by atoms with Crippen LogP contribution >= 0.6 is 11.6 Å². The van der Waals surface area contributed by atoms with E-state index in [2.05, 4.69) is 15.0 Å². The fourth-order valence-electron chi connectivity index (χ4n) is 3.93. The Kier molecular flexibility index (Phi) is 6.43. The van der Waals surface area contributed by atoms with Gasteiger partial charge in [0.2, 0.25) is 0 Å². The van der Waals surface area contributed by atoms with Gasteiger partial charge in [-0.05, 0) is 50.2 Å². The van der Waals surface area contributed by atoms with Crippen LogP contribution in [0.4, 0.5) is 4.39 Å². The monoisotopic (exact) mass is 457 g/mol. The maximum Gasteiger partial charge on any atom is 0.274 e. The predicted molar refractivity (Wildman–Crippen MR) is 120 cm³/mol. The van der Waals surface area contributed by atoms with E-state index in [0.29, 0.717) is 49.3 Å². The molecule has 168 valence electrons. The molecule has 1 saturated heterocycles. The van der Waals surface area contributed by atoms with Crippen molar-refractivity contribution in [1.82, 2.24) is 24.6 Å². The first kappa shape index (κ1) is 22.2. The van der Waals surface area contributed by atoms with Crippen LogP contribution in [-0.4, -0.2) is 63.8 Å². The highest BCUT2D eigenvalue weighted by Gasteiger charge is 2.26. The minimum atomic E-state index is -0.294. The molecule has 0 atom stereocenters. The lowest BCUT2D eigenvalue weighted by Crippen LogP contribution is -2.48. The second-order valence-electron chi connectivity index (χ2n) is 7.86.